The minimum Gasteiger partial charge on any atom is -0.387 e. The smallest absolute Gasteiger partial charge is 0.224 e. The summed E-state index contributed by atoms with van der Waals surface area (Å²) in [6.07, 6.45) is -0.614. The highest BCUT2D eigenvalue weighted by atomic mass is 32.1. The number of carbonyl (C=O) groups is 1. The molecule has 0 spiro atoms. The number of amides is 1. The summed E-state index contributed by atoms with van der Waals surface area (Å²) < 4.78 is 0. The Hall–Kier alpha value is -0.910. The predicted molar refractivity (Wildman–Crippen MR) is 65.4 cm³/mol. The van der Waals surface area contributed by atoms with Crippen LogP contribution in [0.3, 0.4) is 0 Å². The topological polar surface area (TPSA) is 61.4 Å². The molecule has 0 aromatic carbocycles. The van der Waals surface area contributed by atoms with Crippen LogP contribution in [0.1, 0.15) is 18.6 Å². The highest BCUT2D eigenvalue weighted by Gasteiger charge is 2.14. The van der Waals surface area contributed by atoms with E-state index < -0.39 is 6.10 Å². The molecule has 0 aliphatic rings. The summed E-state index contributed by atoms with van der Waals surface area (Å²) in [5, 5.41) is 19.2. The largest absolute Gasteiger partial charge is 0.387 e. The molecule has 1 aromatic rings. The Bertz CT molecular complexity index is 314. The molecule has 16 heavy (non-hydrogen) atoms. The van der Waals surface area contributed by atoms with Crippen molar-refractivity contribution in [2.24, 2.45) is 5.92 Å². The lowest BCUT2D eigenvalue weighted by atomic mass is 10.1. The van der Waals surface area contributed by atoms with Crippen LogP contribution in [0.15, 0.2) is 16.8 Å². The van der Waals surface area contributed by atoms with E-state index in [-0.39, 0.29) is 18.4 Å². The number of hydrogen-bond acceptors (Lipinski definition) is 4. The third kappa shape index (κ3) is 3.92. The van der Waals surface area contributed by atoms with Crippen molar-refractivity contribution < 1.29 is 9.90 Å². The van der Waals surface area contributed by atoms with Crippen LogP contribution >= 0.6 is 11.3 Å². The molecule has 0 saturated heterocycles. The van der Waals surface area contributed by atoms with Crippen molar-refractivity contribution in [3.8, 4) is 0 Å². The van der Waals surface area contributed by atoms with Crippen LogP contribution < -0.4 is 10.6 Å². The molecule has 1 amide bonds. The van der Waals surface area contributed by atoms with Gasteiger partial charge >= 0.3 is 0 Å². The highest BCUT2D eigenvalue weighted by Crippen LogP contribution is 2.15. The Morgan fingerprint density at radius 1 is 1.56 bits per heavy atom. The third-order valence-corrected chi connectivity index (χ3v) is 3.06. The summed E-state index contributed by atoms with van der Waals surface area (Å²) in [6.45, 7) is 2.76. The quantitative estimate of drug-likeness (QED) is 0.690. The van der Waals surface area contributed by atoms with Crippen LogP contribution in [0.5, 0.6) is 0 Å². The maximum Gasteiger partial charge on any atom is 0.224 e. The number of aliphatic hydroxyl groups excluding tert-OH is 1. The molecular formula is C11H18N2O2S. The van der Waals surface area contributed by atoms with Crippen molar-refractivity contribution in [3.63, 3.8) is 0 Å². The third-order valence-electron chi connectivity index (χ3n) is 2.36. The fourth-order valence-electron chi connectivity index (χ4n) is 1.35. The Morgan fingerprint density at radius 2 is 2.31 bits per heavy atom. The van der Waals surface area contributed by atoms with Gasteiger partial charge in [0, 0.05) is 19.0 Å². The Morgan fingerprint density at radius 3 is 2.88 bits per heavy atom. The second kappa shape index (κ2) is 6.62. The lowest BCUT2D eigenvalue weighted by Gasteiger charge is -2.14. The van der Waals surface area contributed by atoms with Crippen molar-refractivity contribution in [3.05, 3.63) is 22.4 Å². The van der Waals surface area contributed by atoms with E-state index in [0.29, 0.717) is 6.54 Å². The van der Waals surface area contributed by atoms with Gasteiger partial charge in [0.15, 0.2) is 0 Å². The second-order valence-electron chi connectivity index (χ2n) is 3.78. The van der Waals surface area contributed by atoms with Gasteiger partial charge in [-0.2, -0.15) is 11.3 Å². The molecule has 0 saturated carbocycles. The highest BCUT2D eigenvalue weighted by molar-refractivity contribution is 7.07. The zero-order chi connectivity index (χ0) is 12.0. The van der Waals surface area contributed by atoms with Gasteiger partial charge in [0.25, 0.3) is 0 Å². The van der Waals surface area contributed by atoms with Crippen LogP contribution in [0.2, 0.25) is 0 Å². The van der Waals surface area contributed by atoms with Crippen LogP contribution in [0.25, 0.3) is 0 Å². The molecular weight excluding hydrogens is 224 g/mol. The zero-order valence-electron chi connectivity index (χ0n) is 9.56. The van der Waals surface area contributed by atoms with Gasteiger partial charge in [-0.1, -0.05) is 6.92 Å². The van der Waals surface area contributed by atoms with Crippen molar-refractivity contribution in [2.75, 3.05) is 20.1 Å². The van der Waals surface area contributed by atoms with E-state index in [1.54, 1.807) is 0 Å². The molecule has 0 fully saturated rings. The summed E-state index contributed by atoms with van der Waals surface area (Å²) in [5.41, 5.74) is 0.853. The summed E-state index contributed by atoms with van der Waals surface area (Å²) in [7, 11) is 1.81. The molecule has 1 aromatic heterocycles. The molecule has 1 heterocycles. The molecule has 0 radical (unpaired) electrons. The molecule has 2 atom stereocenters. The first-order valence-electron chi connectivity index (χ1n) is 5.27. The molecule has 1 rings (SSSR count). The van der Waals surface area contributed by atoms with Crippen LogP contribution in [0, 0.1) is 5.92 Å². The van der Waals surface area contributed by atoms with E-state index >= 15 is 0 Å². The number of rotatable bonds is 6. The second-order valence-corrected chi connectivity index (χ2v) is 4.56. The minimum atomic E-state index is -0.614. The SMILES string of the molecule is CNCC(C)C(=O)NCC(O)c1ccsc1. The normalized spacial score (nSPS) is 14.4. The molecule has 2 unspecified atom stereocenters. The maximum atomic E-state index is 11.5. The minimum absolute atomic E-state index is 0.0383. The fourth-order valence-corrected chi connectivity index (χ4v) is 2.06. The maximum absolute atomic E-state index is 11.5. The van der Waals surface area contributed by atoms with Gasteiger partial charge < -0.3 is 15.7 Å². The summed E-state index contributed by atoms with van der Waals surface area (Å²) in [4.78, 5) is 11.5. The summed E-state index contributed by atoms with van der Waals surface area (Å²) >= 11 is 1.53. The van der Waals surface area contributed by atoms with Gasteiger partial charge in [0.1, 0.15) is 0 Å². The first-order chi connectivity index (χ1) is 7.65. The van der Waals surface area contributed by atoms with Crippen LogP contribution in [0.4, 0.5) is 0 Å². The monoisotopic (exact) mass is 242 g/mol. The fraction of sp³-hybridized carbons (Fsp3) is 0.545. The van der Waals surface area contributed by atoms with E-state index in [9.17, 15) is 9.90 Å². The van der Waals surface area contributed by atoms with E-state index in [4.69, 9.17) is 0 Å². The van der Waals surface area contributed by atoms with Crippen LogP contribution in [-0.2, 0) is 4.79 Å². The first-order valence-corrected chi connectivity index (χ1v) is 6.22. The van der Waals surface area contributed by atoms with Crippen LogP contribution in [-0.4, -0.2) is 31.2 Å². The van der Waals surface area contributed by atoms with Crippen molar-refractivity contribution >= 4 is 17.2 Å². The lowest BCUT2D eigenvalue weighted by Crippen LogP contribution is -2.36. The van der Waals surface area contributed by atoms with Crippen molar-refractivity contribution in [2.45, 2.75) is 13.0 Å². The number of nitrogens with one attached hydrogen (secondary N) is 2. The first kappa shape index (κ1) is 13.2. The summed E-state index contributed by atoms with van der Waals surface area (Å²) in [5.74, 6) is -0.122. The molecule has 5 heteroatoms. The van der Waals surface area contributed by atoms with E-state index in [1.807, 2.05) is 30.8 Å². The van der Waals surface area contributed by atoms with E-state index in [0.717, 1.165) is 5.56 Å². The molecule has 4 nitrogen and oxygen atoms in total. The van der Waals surface area contributed by atoms with Gasteiger partial charge in [-0.15, -0.1) is 0 Å². The van der Waals surface area contributed by atoms with E-state index in [1.165, 1.54) is 11.3 Å². The van der Waals surface area contributed by atoms with Gasteiger partial charge in [-0.05, 0) is 29.4 Å². The Kier molecular flexibility index (Phi) is 5.45. The average Bonchev–Trinajstić information content (AvgIpc) is 2.79. The Labute approximate surface area is 99.7 Å². The Balaban J connectivity index is 2.31. The molecule has 0 aliphatic heterocycles. The molecule has 0 bridgehead atoms. The molecule has 0 aliphatic carbocycles. The van der Waals surface area contributed by atoms with Gasteiger partial charge in [-0.3, -0.25) is 4.79 Å². The number of hydrogen-bond donors (Lipinski definition) is 3. The number of thiophene rings is 1. The zero-order valence-corrected chi connectivity index (χ0v) is 10.4. The van der Waals surface area contributed by atoms with Gasteiger partial charge in [0.2, 0.25) is 5.91 Å². The molecule has 3 N–H and O–H groups in total. The summed E-state index contributed by atoms with van der Waals surface area (Å²) in [6, 6.07) is 1.86. The average molecular weight is 242 g/mol. The van der Waals surface area contributed by atoms with E-state index in [2.05, 4.69) is 10.6 Å². The standard InChI is InChI=1S/C11H18N2O2S/c1-8(5-12-2)11(15)13-6-10(14)9-3-4-16-7-9/h3-4,7-8,10,12,14H,5-6H2,1-2H3,(H,13,15). The number of aliphatic hydroxyl groups is 1. The lowest BCUT2D eigenvalue weighted by molar-refractivity contribution is -0.124. The number of carbonyl (C=O) groups excluding carboxylic acids is 1. The van der Waals surface area contributed by atoms with Gasteiger partial charge in [0.05, 0.1) is 6.10 Å². The van der Waals surface area contributed by atoms with Crippen molar-refractivity contribution in [1.29, 1.82) is 0 Å². The predicted octanol–water partition coefficient (Wildman–Crippen LogP) is 0.753. The molecule has 90 valence electrons. The van der Waals surface area contributed by atoms with Gasteiger partial charge in [-0.25, -0.2) is 0 Å². The van der Waals surface area contributed by atoms with Crippen molar-refractivity contribution in [1.82, 2.24) is 10.6 Å².